The summed E-state index contributed by atoms with van der Waals surface area (Å²) in [5.74, 6) is 0.904. The Morgan fingerprint density at radius 1 is 0.667 bits per heavy atom. The zero-order valence-electron chi connectivity index (χ0n) is 20.4. The van der Waals surface area contributed by atoms with Gasteiger partial charge in [-0.3, -0.25) is 9.59 Å². The Bertz CT molecular complexity index is 1410. The molecule has 2 amide bonds. The first-order valence-corrected chi connectivity index (χ1v) is 12.9. The van der Waals surface area contributed by atoms with Gasteiger partial charge in [0.05, 0.1) is 5.69 Å². The predicted molar refractivity (Wildman–Crippen MR) is 141 cm³/mol. The van der Waals surface area contributed by atoms with Gasteiger partial charge in [0.1, 0.15) is 11.5 Å². The van der Waals surface area contributed by atoms with E-state index in [1.165, 1.54) is 6.42 Å². The molecule has 0 atom stereocenters. The maximum absolute atomic E-state index is 13.7. The predicted octanol–water partition coefficient (Wildman–Crippen LogP) is 5.03. The van der Waals surface area contributed by atoms with Crippen molar-refractivity contribution in [2.75, 3.05) is 26.2 Å². The van der Waals surface area contributed by atoms with Gasteiger partial charge in [-0.2, -0.15) is 0 Å². The SMILES string of the molecule is O=C(c1nc(-c2ccccc2)n2c1CCCCC2)N1CCN(C(=O)c2cccc3ccccc23)CC1. The van der Waals surface area contributed by atoms with E-state index < -0.39 is 0 Å². The minimum Gasteiger partial charge on any atom is -0.335 e. The number of nitrogens with zero attached hydrogens (tertiary/aromatic N) is 4. The monoisotopic (exact) mass is 478 g/mol. The molecule has 0 unspecified atom stereocenters. The van der Waals surface area contributed by atoms with Crippen molar-refractivity contribution in [2.45, 2.75) is 32.2 Å². The molecular formula is C30H30N4O2. The molecule has 6 rings (SSSR count). The molecule has 4 aromatic rings. The molecule has 2 aliphatic rings. The smallest absolute Gasteiger partial charge is 0.274 e. The Morgan fingerprint density at radius 2 is 1.36 bits per heavy atom. The second kappa shape index (κ2) is 9.61. The van der Waals surface area contributed by atoms with Crippen molar-refractivity contribution >= 4 is 22.6 Å². The quantitative estimate of drug-likeness (QED) is 0.415. The van der Waals surface area contributed by atoms with E-state index in [4.69, 9.17) is 4.98 Å². The average molecular weight is 479 g/mol. The lowest BCUT2D eigenvalue weighted by molar-refractivity contribution is 0.0533. The van der Waals surface area contributed by atoms with Crippen LogP contribution >= 0.6 is 0 Å². The van der Waals surface area contributed by atoms with E-state index >= 15 is 0 Å². The van der Waals surface area contributed by atoms with Crippen molar-refractivity contribution in [3.63, 3.8) is 0 Å². The van der Waals surface area contributed by atoms with Gasteiger partial charge in [0.2, 0.25) is 0 Å². The molecule has 3 heterocycles. The molecule has 0 saturated carbocycles. The van der Waals surface area contributed by atoms with Gasteiger partial charge in [-0.15, -0.1) is 0 Å². The number of aromatic nitrogens is 2. The number of amides is 2. The van der Waals surface area contributed by atoms with Crippen molar-refractivity contribution < 1.29 is 9.59 Å². The largest absolute Gasteiger partial charge is 0.335 e. The average Bonchev–Trinajstić information content (AvgIpc) is 3.13. The number of piperazine rings is 1. The molecule has 36 heavy (non-hydrogen) atoms. The van der Waals surface area contributed by atoms with Crippen LogP contribution in [0.15, 0.2) is 72.8 Å². The second-order valence-corrected chi connectivity index (χ2v) is 9.67. The number of rotatable bonds is 3. The third-order valence-electron chi connectivity index (χ3n) is 7.48. The summed E-state index contributed by atoms with van der Waals surface area (Å²) >= 11 is 0. The molecule has 0 aliphatic carbocycles. The van der Waals surface area contributed by atoms with Crippen molar-refractivity contribution in [3.05, 3.63) is 89.7 Å². The summed E-state index contributed by atoms with van der Waals surface area (Å²) in [6.07, 6.45) is 4.22. The number of hydrogen-bond donors (Lipinski definition) is 0. The molecule has 1 fully saturated rings. The van der Waals surface area contributed by atoms with E-state index in [2.05, 4.69) is 16.7 Å². The molecular weight excluding hydrogens is 448 g/mol. The lowest BCUT2D eigenvalue weighted by atomic mass is 10.0. The molecule has 0 radical (unpaired) electrons. The van der Waals surface area contributed by atoms with Crippen molar-refractivity contribution in [1.82, 2.24) is 19.4 Å². The van der Waals surface area contributed by atoms with Crippen LogP contribution in [-0.4, -0.2) is 57.3 Å². The third kappa shape index (κ3) is 4.06. The first-order chi connectivity index (χ1) is 17.7. The summed E-state index contributed by atoms with van der Waals surface area (Å²) in [6, 6.07) is 24.0. The minimum atomic E-state index is -0.0138. The number of imidazole rings is 1. The van der Waals surface area contributed by atoms with Crippen LogP contribution in [0.1, 0.15) is 45.8 Å². The van der Waals surface area contributed by atoms with Crippen LogP contribution in [0, 0.1) is 0 Å². The van der Waals surface area contributed by atoms with Crippen LogP contribution in [0.3, 0.4) is 0 Å². The van der Waals surface area contributed by atoms with E-state index in [0.717, 1.165) is 59.2 Å². The van der Waals surface area contributed by atoms with Crippen molar-refractivity contribution in [3.8, 4) is 11.4 Å². The number of fused-ring (bicyclic) bond motifs is 2. The molecule has 0 spiro atoms. The molecule has 1 aromatic heterocycles. The highest BCUT2D eigenvalue weighted by Crippen LogP contribution is 2.28. The van der Waals surface area contributed by atoms with Crippen LogP contribution in [0.25, 0.3) is 22.2 Å². The zero-order chi connectivity index (χ0) is 24.5. The first-order valence-electron chi connectivity index (χ1n) is 12.9. The number of hydrogen-bond acceptors (Lipinski definition) is 3. The molecule has 1 saturated heterocycles. The van der Waals surface area contributed by atoms with E-state index in [9.17, 15) is 9.59 Å². The second-order valence-electron chi connectivity index (χ2n) is 9.67. The van der Waals surface area contributed by atoms with Crippen LogP contribution in [-0.2, 0) is 13.0 Å². The molecule has 182 valence electrons. The maximum atomic E-state index is 13.7. The van der Waals surface area contributed by atoms with Crippen LogP contribution in [0.2, 0.25) is 0 Å². The van der Waals surface area contributed by atoms with Crippen molar-refractivity contribution in [2.24, 2.45) is 0 Å². The van der Waals surface area contributed by atoms with E-state index in [1.54, 1.807) is 0 Å². The molecule has 3 aromatic carbocycles. The normalized spacial score (nSPS) is 16.0. The highest BCUT2D eigenvalue weighted by molar-refractivity contribution is 6.07. The highest BCUT2D eigenvalue weighted by Gasteiger charge is 2.31. The molecule has 6 heteroatoms. The maximum Gasteiger partial charge on any atom is 0.274 e. The Hall–Kier alpha value is -3.93. The summed E-state index contributed by atoms with van der Waals surface area (Å²) in [6.45, 7) is 2.97. The fourth-order valence-corrected chi connectivity index (χ4v) is 5.54. The van der Waals surface area contributed by atoms with E-state index in [1.807, 2.05) is 70.5 Å². The number of carbonyl (C=O) groups excluding carboxylic acids is 2. The van der Waals surface area contributed by atoms with Crippen molar-refractivity contribution in [1.29, 1.82) is 0 Å². The van der Waals surface area contributed by atoms with Gasteiger partial charge in [-0.25, -0.2) is 4.98 Å². The zero-order valence-corrected chi connectivity index (χ0v) is 20.4. The highest BCUT2D eigenvalue weighted by atomic mass is 16.2. The summed E-state index contributed by atoms with van der Waals surface area (Å²) in [7, 11) is 0. The van der Waals surface area contributed by atoms with E-state index in [-0.39, 0.29) is 11.8 Å². The van der Waals surface area contributed by atoms with Gasteiger partial charge in [0.25, 0.3) is 11.8 Å². The van der Waals surface area contributed by atoms with Gasteiger partial charge in [-0.05, 0) is 36.1 Å². The van der Waals surface area contributed by atoms with Crippen LogP contribution in [0.4, 0.5) is 0 Å². The Kier molecular flexibility index (Phi) is 6.01. The fraction of sp³-hybridized carbons (Fsp3) is 0.300. The fourth-order valence-electron chi connectivity index (χ4n) is 5.54. The van der Waals surface area contributed by atoms with Gasteiger partial charge < -0.3 is 14.4 Å². The van der Waals surface area contributed by atoms with Gasteiger partial charge in [0.15, 0.2) is 0 Å². The van der Waals surface area contributed by atoms with Gasteiger partial charge in [-0.1, -0.05) is 73.2 Å². The standard InChI is InChI=1S/C30H30N4O2/c35-29(25-15-9-13-22-10-6-7-14-24(22)25)32-18-20-33(21-19-32)30(36)27-26-16-5-2-8-17-34(26)28(31-27)23-11-3-1-4-12-23/h1,3-4,6-7,9-15H,2,5,8,16-21H2. The summed E-state index contributed by atoms with van der Waals surface area (Å²) in [5.41, 5.74) is 3.42. The lowest BCUT2D eigenvalue weighted by Gasteiger charge is -2.34. The summed E-state index contributed by atoms with van der Waals surface area (Å²) in [5, 5.41) is 2.03. The Balaban J connectivity index is 1.22. The molecule has 2 aliphatic heterocycles. The number of benzene rings is 3. The first kappa shape index (κ1) is 22.5. The van der Waals surface area contributed by atoms with Gasteiger partial charge in [0, 0.05) is 43.9 Å². The summed E-state index contributed by atoms with van der Waals surface area (Å²) < 4.78 is 2.26. The van der Waals surface area contributed by atoms with Gasteiger partial charge >= 0.3 is 0 Å². The Morgan fingerprint density at radius 3 is 2.17 bits per heavy atom. The number of carbonyl (C=O) groups is 2. The Labute approximate surface area is 211 Å². The minimum absolute atomic E-state index is 0.0138. The third-order valence-corrected chi connectivity index (χ3v) is 7.48. The molecule has 0 N–H and O–H groups in total. The van der Waals surface area contributed by atoms with Crippen LogP contribution in [0.5, 0.6) is 0 Å². The van der Waals surface area contributed by atoms with Crippen LogP contribution < -0.4 is 0 Å². The lowest BCUT2D eigenvalue weighted by Crippen LogP contribution is -2.50. The topological polar surface area (TPSA) is 58.4 Å². The molecule has 0 bridgehead atoms. The molecule has 6 nitrogen and oxygen atoms in total. The summed E-state index contributed by atoms with van der Waals surface area (Å²) in [4.78, 5) is 35.7. The van der Waals surface area contributed by atoms with E-state index in [0.29, 0.717) is 31.9 Å².